The van der Waals surface area contributed by atoms with Crippen LogP contribution in [-0.4, -0.2) is 22.3 Å². The van der Waals surface area contributed by atoms with E-state index in [2.05, 4.69) is 14.0 Å². The lowest BCUT2D eigenvalue weighted by Crippen LogP contribution is -2.29. The van der Waals surface area contributed by atoms with Gasteiger partial charge in [-0.15, -0.1) is 0 Å². The molecule has 0 radical (unpaired) electrons. The van der Waals surface area contributed by atoms with Crippen LogP contribution in [0.2, 0.25) is 0 Å². The fourth-order valence-corrected chi connectivity index (χ4v) is 2.21. The molecule has 1 unspecified atom stereocenters. The maximum atomic E-state index is 11.3. The molecule has 88 valence electrons. The number of nitrogens with zero attached hydrogens (tertiary/aromatic N) is 2. The van der Waals surface area contributed by atoms with Gasteiger partial charge in [0.05, 0.1) is 13.2 Å². The minimum atomic E-state index is -4.17. The number of phosphoric acid groups is 1. The Labute approximate surface area is 90.2 Å². The first-order valence-corrected chi connectivity index (χ1v) is 5.89. The van der Waals surface area contributed by atoms with Gasteiger partial charge in [0.15, 0.2) is 0 Å². The summed E-state index contributed by atoms with van der Waals surface area (Å²) in [4.78, 5) is 25.6. The Kier molecular flexibility index (Phi) is 2.81. The molecule has 1 fully saturated rings. The molecule has 0 spiro atoms. The largest absolute Gasteiger partial charge is 0.756 e. The van der Waals surface area contributed by atoms with Crippen molar-refractivity contribution in [3.05, 3.63) is 22.7 Å². The molecular formula is C7H9N3O5P-. The van der Waals surface area contributed by atoms with Crippen LogP contribution in [0.3, 0.4) is 0 Å². The van der Waals surface area contributed by atoms with Gasteiger partial charge in [0.2, 0.25) is 0 Å². The maximum Gasteiger partial charge on any atom is 0.349 e. The Morgan fingerprint density at radius 2 is 2.50 bits per heavy atom. The lowest BCUT2D eigenvalue weighted by molar-refractivity contribution is -0.215. The van der Waals surface area contributed by atoms with Crippen LogP contribution >= 0.6 is 7.82 Å². The third-order valence-corrected chi connectivity index (χ3v) is 3.01. The summed E-state index contributed by atoms with van der Waals surface area (Å²) in [5.41, 5.74) is 4.74. The Balaban J connectivity index is 2.11. The topological polar surface area (TPSA) is 120 Å². The van der Waals surface area contributed by atoms with Gasteiger partial charge >= 0.3 is 5.69 Å². The fourth-order valence-electron chi connectivity index (χ4n) is 1.30. The van der Waals surface area contributed by atoms with Crippen molar-refractivity contribution < 1.29 is 18.5 Å². The summed E-state index contributed by atoms with van der Waals surface area (Å²) in [6.07, 6.45) is 0.716. The molecule has 1 aromatic heterocycles. The number of aromatic nitrogens is 2. The van der Waals surface area contributed by atoms with E-state index in [9.17, 15) is 14.3 Å². The average molecular weight is 246 g/mol. The van der Waals surface area contributed by atoms with Gasteiger partial charge in [-0.2, -0.15) is 4.98 Å². The lowest BCUT2D eigenvalue weighted by Gasteiger charge is -2.14. The molecule has 1 saturated heterocycles. The van der Waals surface area contributed by atoms with Crippen LogP contribution in [0.5, 0.6) is 0 Å². The summed E-state index contributed by atoms with van der Waals surface area (Å²) in [5, 5.41) is 0. The molecule has 8 nitrogen and oxygen atoms in total. The van der Waals surface area contributed by atoms with Gasteiger partial charge in [-0.3, -0.25) is 9.13 Å². The van der Waals surface area contributed by atoms with E-state index in [-0.39, 0.29) is 19.0 Å². The Bertz CT molecular complexity index is 501. The summed E-state index contributed by atoms with van der Waals surface area (Å²) in [7, 11) is -4.17. The quantitative estimate of drug-likeness (QED) is 0.644. The SMILES string of the molecule is Nc1ccn(C[C@@H]2COP(=O)([O-])O2)c(=O)n1. The fraction of sp³-hybridized carbons (Fsp3) is 0.429. The van der Waals surface area contributed by atoms with Gasteiger partial charge in [-0.05, 0) is 6.07 Å². The first-order valence-electron chi connectivity index (χ1n) is 4.43. The van der Waals surface area contributed by atoms with Crippen LogP contribution in [-0.2, 0) is 20.2 Å². The predicted molar refractivity (Wildman–Crippen MR) is 51.3 cm³/mol. The molecule has 0 bridgehead atoms. The number of anilines is 1. The van der Waals surface area contributed by atoms with Crippen LogP contribution < -0.4 is 16.3 Å². The number of hydrogen-bond donors (Lipinski definition) is 1. The highest BCUT2D eigenvalue weighted by Gasteiger charge is 2.27. The van der Waals surface area contributed by atoms with Crippen LogP contribution in [0, 0.1) is 0 Å². The van der Waals surface area contributed by atoms with Crippen molar-refractivity contribution in [2.75, 3.05) is 12.3 Å². The molecule has 2 heterocycles. The number of nitrogens with two attached hydrogens (primary N) is 1. The molecule has 16 heavy (non-hydrogen) atoms. The average Bonchev–Trinajstić information content (AvgIpc) is 2.51. The summed E-state index contributed by atoms with van der Waals surface area (Å²) in [6, 6.07) is 1.44. The molecule has 0 aliphatic carbocycles. The third-order valence-electron chi connectivity index (χ3n) is 1.99. The second kappa shape index (κ2) is 3.99. The Hall–Kier alpha value is -1.21. The number of phosphoric ester groups is 1. The summed E-state index contributed by atoms with van der Waals surface area (Å²) < 4.78 is 21.0. The van der Waals surface area contributed by atoms with E-state index < -0.39 is 19.6 Å². The molecular weight excluding hydrogens is 237 g/mol. The minimum Gasteiger partial charge on any atom is -0.756 e. The molecule has 1 aliphatic rings. The van der Waals surface area contributed by atoms with E-state index in [1.807, 2.05) is 0 Å². The van der Waals surface area contributed by atoms with Gasteiger partial charge in [0.1, 0.15) is 11.9 Å². The molecule has 0 aromatic carbocycles. The zero-order chi connectivity index (χ0) is 11.8. The van der Waals surface area contributed by atoms with Gasteiger partial charge in [-0.1, -0.05) is 0 Å². The van der Waals surface area contributed by atoms with Crippen molar-refractivity contribution in [1.29, 1.82) is 0 Å². The van der Waals surface area contributed by atoms with Crippen molar-refractivity contribution in [3.63, 3.8) is 0 Å². The highest BCUT2D eigenvalue weighted by atomic mass is 31.2. The van der Waals surface area contributed by atoms with E-state index in [0.29, 0.717) is 0 Å². The van der Waals surface area contributed by atoms with E-state index in [4.69, 9.17) is 5.73 Å². The van der Waals surface area contributed by atoms with Crippen molar-refractivity contribution in [2.24, 2.45) is 0 Å². The molecule has 2 atom stereocenters. The molecule has 9 heteroatoms. The maximum absolute atomic E-state index is 11.3. The van der Waals surface area contributed by atoms with Gasteiger partial charge in [0, 0.05) is 6.20 Å². The van der Waals surface area contributed by atoms with Crippen molar-refractivity contribution in [3.8, 4) is 0 Å². The second-order valence-corrected chi connectivity index (χ2v) is 4.62. The third kappa shape index (κ3) is 2.48. The second-order valence-electron chi connectivity index (χ2n) is 3.26. The monoisotopic (exact) mass is 246 g/mol. The van der Waals surface area contributed by atoms with E-state index in [1.165, 1.54) is 16.8 Å². The van der Waals surface area contributed by atoms with Crippen LogP contribution in [0.4, 0.5) is 5.82 Å². The predicted octanol–water partition coefficient (Wildman–Crippen LogP) is -1.29. The van der Waals surface area contributed by atoms with Gasteiger partial charge in [0.25, 0.3) is 7.82 Å². The van der Waals surface area contributed by atoms with E-state index in [1.54, 1.807) is 0 Å². The first-order chi connectivity index (χ1) is 7.46. The van der Waals surface area contributed by atoms with Crippen LogP contribution in [0.1, 0.15) is 0 Å². The van der Waals surface area contributed by atoms with E-state index >= 15 is 0 Å². The highest BCUT2D eigenvalue weighted by Crippen LogP contribution is 2.45. The molecule has 2 rings (SSSR count). The Morgan fingerprint density at radius 3 is 3.06 bits per heavy atom. The summed E-state index contributed by atoms with van der Waals surface area (Å²) in [5.74, 6) is 0.110. The van der Waals surface area contributed by atoms with Crippen molar-refractivity contribution >= 4 is 13.6 Å². The summed E-state index contributed by atoms with van der Waals surface area (Å²) in [6.45, 7) is -0.0457. The zero-order valence-corrected chi connectivity index (χ0v) is 9.00. The van der Waals surface area contributed by atoms with Gasteiger partial charge in [-0.25, -0.2) is 4.79 Å². The Morgan fingerprint density at radius 1 is 1.75 bits per heavy atom. The van der Waals surface area contributed by atoms with Crippen LogP contribution in [0.25, 0.3) is 0 Å². The number of rotatable bonds is 2. The molecule has 0 amide bonds. The van der Waals surface area contributed by atoms with Crippen molar-refractivity contribution in [1.82, 2.24) is 9.55 Å². The van der Waals surface area contributed by atoms with Gasteiger partial charge < -0.3 is 19.7 Å². The molecule has 2 N–H and O–H groups in total. The molecule has 1 aromatic rings. The molecule has 1 aliphatic heterocycles. The smallest absolute Gasteiger partial charge is 0.349 e. The number of hydrogen-bond acceptors (Lipinski definition) is 7. The number of nitrogen functional groups attached to an aromatic ring is 1. The van der Waals surface area contributed by atoms with E-state index in [0.717, 1.165) is 0 Å². The standard InChI is InChI=1S/C7H10N3O5P/c8-6-1-2-10(7(11)9-6)3-5-4-14-16(12,13)15-5/h1-2,5H,3-4H2,(H,12,13)(H2,8,9,11)/p-1/t5-/m1/s1. The van der Waals surface area contributed by atoms with Crippen molar-refractivity contribution in [2.45, 2.75) is 12.6 Å². The zero-order valence-electron chi connectivity index (χ0n) is 8.11. The normalized spacial score (nSPS) is 29.4. The van der Waals surface area contributed by atoms with Crippen LogP contribution in [0.15, 0.2) is 17.1 Å². The summed E-state index contributed by atoms with van der Waals surface area (Å²) >= 11 is 0. The highest BCUT2D eigenvalue weighted by molar-refractivity contribution is 7.46. The minimum absolute atomic E-state index is 0.0539. The molecule has 0 saturated carbocycles. The lowest BCUT2D eigenvalue weighted by atomic mass is 10.4. The first kappa shape index (κ1) is 11.3.